The predicted molar refractivity (Wildman–Crippen MR) is 106 cm³/mol. The number of nitro benzene ring substituents is 1. The van der Waals surface area contributed by atoms with E-state index in [-0.39, 0.29) is 35.0 Å². The molecule has 0 spiro atoms. The minimum atomic E-state index is -0.465. The van der Waals surface area contributed by atoms with Gasteiger partial charge in [-0.2, -0.15) is 0 Å². The molecule has 0 saturated carbocycles. The van der Waals surface area contributed by atoms with Crippen LogP contribution in [0.5, 0.6) is 0 Å². The lowest BCUT2D eigenvalue weighted by Crippen LogP contribution is -2.38. The summed E-state index contributed by atoms with van der Waals surface area (Å²) in [4.78, 5) is 24.0. The largest absolute Gasteiger partial charge is 0.320 e. The van der Waals surface area contributed by atoms with Crippen molar-refractivity contribution in [3.63, 3.8) is 0 Å². The Kier molecular flexibility index (Phi) is 3.76. The van der Waals surface area contributed by atoms with E-state index in [0.717, 1.165) is 0 Å². The fraction of sp³-hybridized carbons (Fsp3) is 0.174. The van der Waals surface area contributed by atoms with Crippen molar-refractivity contribution in [2.45, 2.75) is 18.3 Å². The summed E-state index contributed by atoms with van der Waals surface area (Å²) in [5, 5.41) is 14.1. The molecule has 0 saturated heterocycles. The first-order valence-corrected chi connectivity index (χ1v) is 9.37. The lowest BCUT2D eigenvalue weighted by molar-refractivity contribution is -0.383. The van der Waals surface area contributed by atoms with Crippen LogP contribution in [0.4, 0.5) is 11.4 Å². The number of carbonyl (C=O) groups is 1. The molecule has 138 valence electrons. The van der Waals surface area contributed by atoms with Crippen molar-refractivity contribution in [2.24, 2.45) is 5.92 Å². The fourth-order valence-corrected chi connectivity index (χ4v) is 4.86. The lowest BCUT2D eigenvalue weighted by Gasteiger charge is -2.44. The van der Waals surface area contributed by atoms with Crippen molar-refractivity contribution in [3.8, 4) is 0 Å². The highest BCUT2D eigenvalue weighted by molar-refractivity contribution is 5.96. The molecule has 0 aliphatic heterocycles. The number of carbonyl (C=O) groups excluding carboxylic acids is 1. The highest BCUT2D eigenvalue weighted by Crippen LogP contribution is 2.55. The third kappa shape index (κ3) is 2.43. The van der Waals surface area contributed by atoms with Crippen LogP contribution in [-0.2, 0) is 4.79 Å². The Morgan fingerprint density at radius 2 is 1.39 bits per heavy atom. The van der Waals surface area contributed by atoms with Crippen molar-refractivity contribution in [1.82, 2.24) is 0 Å². The molecule has 1 amide bonds. The van der Waals surface area contributed by atoms with Crippen LogP contribution in [0.3, 0.4) is 0 Å². The molecule has 0 heterocycles. The van der Waals surface area contributed by atoms with E-state index in [9.17, 15) is 14.9 Å². The van der Waals surface area contributed by atoms with E-state index in [1.165, 1.54) is 28.3 Å². The molecule has 3 aliphatic carbocycles. The van der Waals surface area contributed by atoms with E-state index >= 15 is 0 Å². The van der Waals surface area contributed by atoms with Crippen LogP contribution in [0.1, 0.15) is 40.5 Å². The smallest absolute Gasteiger partial charge is 0.292 e. The predicted octanol–water partition coefficient (Wildman–Crippen LogP) is 4.83. The van der Waals surface area contributed by atoms with E-state index in [2.05, 4.69) is 29.6 Å². The summed E-state index contributed by atoms with van der Waals surface area (Å²) in [6.07, 6.45) is 0.713. The molecule has 3 aromatic carbocycles. The minimum Gasteiger partial charge on any atom is -0.320 e. The first-order valence-electron chi connectivity index (χ1n) is 9.37. The van der Waals surface area contributed by atoms with Gasteiger partial charge in [0, 0.05) is 17.9 Å². The van der Waals surface area contributed by atoms with Crippen molar-refractivity contribution in [2.75, 3.05) is 5.32 Å². The topological polar surface area (TPSA) is 72.2 Å². The summed E-state index contributed by atoms with van der Waals surface area (Å²) in [5.74, 6) is -0.262. The van der Waals surface area contributed by atoms with Gasteiger partial charge in [-0.05, 0) is 34.7 Å². The maximum atomic E-state index is 13.2. The summed E-state index contributed by atoms with van der Waals surface area (Å²) in [5.41, 5.74) is 5.14. The molecule has 0 radical (unpaired) electrons. The van der Waals surface area contributed by atoms with Gasteiger partial charge < -0.3 is 5.32 Å². The van der Waals surface area contributed by atoms with Gasteiger partial charge in [-0.15, -0.1) is 0 Å². The Morgan fingerprint density at radius 3 is 2.00 bits per heavy atom. The van der Waals surface area contributed by atoms with E-state index in [4.69, 9.17) is 0 Å². The Morgan fingerprint density at radius 1 is 0.857 bits per heavy atom. The molecule has 2 bridgehead atoms. The lowest BCUT2D eigenvalue weighted by atomic mass is 9.59. The number of fused-ring (bicyclic) bond motifs is 1. The molecule has 1 N–H and O–H groups in total. The zero-order valence-electron chi connectivity index (χ0n) is 15.0. The van der Waals surface area contributed by atoms with Gasteiger partial charge in [-0.1, -0.05) is 60.7 Å². The number of hydrogen-bond donors (Lipinski definition) is 1. The molecule has 5 heteroatoms. The summed E-state index contributed by atoms with van der Waals surface area (Å²) < 4.78 is 0. The zero-order valence-corrected chi connectivity index (χ0v) is 15.0. The molecule has 0 fully saturated rings. The number of rotatable bonds is 3. The molecule has 28 heavy (non-hydrogen) atoms. The highest BCUT2D eigenvalue weighted by Gasteiger charge is 2.46. The van der Waals surface area contributed by atoms with Gasteiger partial charge in [0.25, 0.3) is 5.69 Å². The number of nitrogens with zero attached hydrogens (tertiary/aromatic N) is 1. The molecule has 1 atom stereocenters. The van der Waals surface area contributed by atoms with Crippen LogP contribution in [-0.4, -0.2) is 10.8 Å². The van der Waals surface area contributed by atoms with E-state index in [1.54, 1.807) is 18.2 Å². The normalized spacial score (nSPS) is 21.5. The second-order valence-electron chi connectivity index (χ2n) is 7.39. The number of nitrogens with one attached hydrogen (secondary N) is 1. The summed E-state index contributed by atoms with van der Waals surface area (Å²) in [6, 6.07) is 22.9. The molecule has 1 unspecified atom stereocenters. The maximum absolute atomic E-state index is 13.2. The van der Waals surface area contributed by atoms with Crippen molar-refractivity contribution >= 4 is 17.3 Å². The number of hydrogen-bond acceptors (Lipinski definition) is 3. The van der Waals surface area contributed by atoms with Gasteiger partial charge in [0.05, 0.1) is 10.8 Å². The second kappa shape index (κ2) is 6.30. The van der Waals surface area contributed by atoms with E-state index in [0.29, 0.717) is 6.42 Å². The molecule has 0 aromatic heterocycles. The van der Waals surface area contributed by atoms with Gasteiger partial charge in [-0.25, -0.2) is 0 Å². The number of para-hydroxylation sites is 2. The number of benzene rings is 3. The van der Waals surface area contributed by atoms with Crippen LogP contribution < -0.4 is 5.32 Å². The first-order chi connectivity index (χ1) is 13.6. The van der Waals surface area contributed by atoms with Gasteiger partial charge >= 0.3 is 0 Å². The van der Waals surface area contributed by atoms with Crippen molar-refractivity contribution < 1.29 is 9.72 Å². The van der Waals surface area contributed by atoms with Gasteiger partial charge in [0.1, 0.15) is 5.69 Å². The van der Waals surface area contributed by atoms with Crippen molar-refractivity contribution in [3.05, 3.63) is 105 Å². The number of amides is 1. The van der Waals surface area contributed by atoms with Crippen LogP contribution >= 0.6 is 0 Å². The third-order valence-corrected chi connectivity index (χ3v) is 6.00. The Bertz CT molecular complexity index is 1060. The average molecular weight is 370 g/mol. The quantitative estimate of drug-likeness (QED) is 0.530. The number of nitro groups is 1. The maximum Gasteiger partial charge on any atom is 0.292 e. The number of anilines is 1. The van der Waals surface area contributed by atoms with Crippen LogP contribution in [0.2, 0.25) is 0 Å². The summed E-state index contributed by atoms with van der Waals surface area (Å²) >= 11 is 0. The molecule has 6 rings (SSSR count). The van der Waals surface area contributed by atoms with Gasteiger partial charge in [0.2, 0.25) is 5.91 Å². The van der Waals surface area contributed by atoms with E-state index in [1.807, 2.05) is 24.3 Å². The Hall–Kier alpha value is -3.47. The molecule has 3 aliphatic rings. The molecular weight excluding hydrogens is 352 g/mol. The zero-order chi connectivity index (χ0) is 19.3. The van der Waals surface area contributed by atoms with Gasteiger partial charge in [0.15, 0.2) is 0 Å². The Labute approximate surface area is 162 Å². The highest BCUT2D eigenvalue weighted by atomic mass is 16.6. The molecule has 3 aromatic rings. The fourth-order valence-electron chi connectivity index (χ4n) is 4.86. The third-order valence-electron chi connectivity index (χ3n) is 6.00. The summed E-state index contributed by atoms with van der Waals surface area (Å²) in [6.45, 7) is 0. The van der Waals surface area contributed by atoms with Crippen molar-refractivity contribution in [1.29, 1.82) is 0 Å². The SMILES string of the molecule is O=C(Nc1ccccc1[N+](=O)[O-])C1CC2c3ccccc3C1c1ccccc12. The Balaban J connectivity index is 1.54. The molecular formula is C23H18N2O3. The van der Waals surface area contributed by atoms with Crippen LogP contribution in [0.15, 0.2) is 72.8 Å². The first kappa shape index (κ1) is 16.7. The van der Waals surface area contributed by atoms with Crippen LogP contribution in [0, 0.1) is 16.0 Å². The average Bonchev–Trinajstić information content (AvgIpc) is 2.74. The van der Waals surface area contributed by atoms with E-state index < -0.39 is 4.92 Å². The minimum absolute atomic E-state index is 0.0276. The standard InChI is InChI=1S/C23H18N2O3/c26-23(24-20-11-5-6-12-21(20)25(27)28)19-13-18-14-7-1-3-9-16(14)22(19)17-10-4-2-8-15(17)18/h1-12,18-19,22H,13H2,(H,24,26). The molecule has 5 nitrogen and oxygen atoms in total. The monoisotopic (exact) mass is 370 g/mol. The summed E-state index contributed by atoms with van der Waals surface area (Å²) in [7, 11) is 0. The van der Waals surface area contributed by atoms with Gasteiger partial charge in [-0.3, -0.25) is 14.9 Å². The van der Waals surface area contributed by atoms with Crippen LogP contribution in [0.25, 0.3) is 0 Å². The second-order valence-corrected chi connectivity index (χ2v) is 7.39.